The standard InChI is InChI=1S/C36H45N3O7/c1-35-15-13-23(40)18-22(35)7-8-25-26-9-10-30(36(26,2)16-14-27(25)35)46-33(43)12-11-31(41)38-20-32(42)39-29(34(44)45)17-21-19-37-28-6-4-3-5-24(21)28/h3-6,18-19,25-27,29-30,37H,7-17,20H2,1-2H3,(H,38,41)(H,39,42)(H,44,45)/t25-,26-,27-,29+,30+,35-,36-/m0/s1. The average molecular weight is 632 g/mol. The number of carbonyl (C=O) groups excluding carboxylic acids is 4. The molecule has 10 heteroatoms. The number of allylic oxidation sites excluding steroid dienone is 1. The first-order chi connectivity index (χ1) is 22.0. The van der Waals surface area contributed by atoms with Crippen LogP contribution in [0.4, 0.5) is 0 Å². The number of para-hydroxylation sites is 1. The molecule has 0 unspecified atom stereocenters. The first-order valence-corrected chi connectivity index (χ1v) is 16.7. The van der Waals surface area contributed by atoms with Gasteiger partial charge in [-0.1, -0.05) is 37.6 Å². The molecule has 1 aromatic carbocycles. The van der Waals surface area contributed by atoms with Gasteiger partial charge in [0.2, 0.25) is 11.8 Å². The lowest BCUT2D eigenvalue weighted by Crippen LogP contribution is -2.51. The lowest BCUT2D eigenvalue weighted by molar-refractivity contribution is -0.160. The largest absolute Gasteiger partial charge is 0.480 e. The van der Waals surface area contributed by atoms with E-state index in [1.54, 1.807) is 6.20 Å². The maximum atomic E-state index is 12.9. The first-order valence-electron chi connectivity index (χ1n) is 16.7. The number of benzene rings is 1. The molecule has 7 atom stereocenters. The Labute approximate surface area is 269 Å². The number of hydrogen-bond acceptors (Lipinski definition) is 6. The molecule has 0 spiro atoms. The zero-order chi connectivity index (χ0) is 32.6. The van der Waals surface area contributed by atoms with Gasteiger partial charge < -0.3 is 25.5 Å². The van der Waals surface area contributed by atoms with Crippen molar-refractivity contribution in [1.29, 1.82) is 0 Å². The number of fused-ring (bicyclic) bond motifs is 6. The van der Waals surface area contributed by atoms with Crippen molar-refractivity contribution in [2.24, 2.45) is 28.6 Å². The van der Waals surface area contributed by atoms with E-state index in [1.165, 1.54) is 5.57 Å². The third-order valence-corrected chi connectivity index (χ3v) is 11.9. The number of esters is 1. The Morgan fingerprint density at radius 2 is 1.80 bits per heavy atom. The highest BCUT2D eigenvalue weighted by Crippen LogP contribution is 2.65. The third kappa shape index (κ3) is 6.10. The maximum absolute atomic E-state index is 12.9. The van der Waals surface area contributed by atoms with Crippen LogP contribution in [0, 0.1) is 28.6 Å². The number of aliphatic carboxylic acids is 1. The van der Waals surface area contributed by atoms with Gasteiger partial charge in [-0.05, 0) is 85.8 Å². The van der Waals surface area contributed by atoms with Crippen LogP contribution in [0.15, 0.2) is 42.1 Å². The van der Waals surface area contributed by atoms with E-state index in [9.17, 15) is 29.1 Å². The Kier molecular flexibility index (Phi) is 8.83. The molecular formula is C36H45N3O7. The van der Waals surface area contributed by atoms with Crippen LogP contribution in [0.2, 0.25) is 0 Å². The number of ketones is 1. The van der Waals surface area contributed by atoms with E-state index >= 15 is 0 Å². The quantitative estimate of drug-likeness (QED) is 0.279. The van der Waals surface area contributed by atoms with Crippen molar-refractivity contribution < 1.29 is 33.8 Å². The molecule has 4 aliphatic carbocycles. The Balaban J connectivity index is 0.955. The van der Waals surface area contributed by atoms with Gasteiger partial charge in [-0.15, -0.1) is 0 Å². The molecule has 2 aromatic rings. The van der Waals surface area contributed by atoms with Crippen molar-refractivity contribution in [3.8, 4) is 0 Å². The number of carbonyl (C=O) groups is 5. The summed E-state index contributed by atoms with van der Waals surface area (Å²) in [5, 5.41) is 15.5. The van der Waals surface area contributed by atoms with Gasteiger partial charge in [0, 0.05) is 41.8 Å². The lowest BCUT2D eigenvalue weighted by atomic mass is 9.47. The molecule has 2 amide bonds. The molecule has 10 nitrogen and oxygen atoms in total. The number of ether oxygens (including phenoxy) is 1. The molecule has 3 fully saturated rings. The normalized spacial score (nSPS) is 30.7. The summed E-state index contributed by atoms with van der Waals surface area (Å²) in [6.07, 6.45) is 10.9. The average Bonchev–Trinajstić information content (AvgIpc) is 3.59. The molecular weight excluding hydrogens is 586 g/mol. The molecule has 1 heterocycles. The van der Waals surface area contributed by atoms with E-state index in [0.717, 1.165) is 61.4 Å². The smallest absolute Gasteiger partial charge is 0.326 e. The second kappa shape index (κ2) is 12.7. The SMILES string of the molecule is C[C@]12CC[C@H]3[C@@H](CCC4=CC(=O)CC[C@@]43C)[C@@H]1CC[C@H]2OC(=O)CCC(=O)NCC(=O)N[C@H](Cc1c[nH]c2ccccc12)C(=O)O. The summed E-state index contributed by atoms with van der Waals surface area (Å²) >= 11 is 0. The lowest BCUT2D eigenvalue weighted by Gasteiger charge is -2.57. The molecule has 3 saturated carbocycles. The van der Waals surface area contributed by atoms with E-state index in [1.807, 2.05) is 30.3 Å². The van der Waals surface area contributed by atoms with Gasteiger partial charge in [0.1, 0.15) is 12.1 Å². The third-order valence-electron chi connectivity index (χ3n) is 11.9. The Bertz CT molecular complexity index is 1580. The number of aromatic amines is 1. The van der Waals surface area contributed by atoms with Crippen LogP contribution in [-0.4, -0.2) is 58.3 Å². The highest BCUT2D eigenvalue weighted by atomic mass is 16.5. The molecule has 0 bridgehead atoms. The van der Waals surface area contributed by atoms with Crippen molar-refractivity contribution in [2.45, 2.75) is 96.6 Å². The second-order valence-corrected chi connectivity index (χ2v) is 14.4. The predicted octanol–water partition coefficient (Wildman–Crippen LogP) is 4.62. The van der Waals surface area contributed by atoms with Crippen LogP contribution in [0.3, 0.4) is 0 Å². The number of aromatic nitrogens is 1. The van der Waals surface area contributed by atoms with Crippen LogP contribution in [-0.2, 0) is 35.1 Å². The van der Waals surface area contributed by atoms with Crippen molar-refractivity contribution in [3.05, 3.63) is 47.7 Å². The van der Waals surface area contributed by atoms with Gasteiger partial charge in [0.15, 0.2) is 5.78 Å². The minimum atomic E-state index is -1.17. The monoisotopic (exact) mass is 631 g/mol. The highest BCUT2D eigenvalue weighted by molar-refractivity contribution is 5.92. The van der Waals surface area contributed by atoms with Crippen LogP contribution >= 0.6 is 0 Å². The van der Waals surface area contributed by atoms with Crippen molar-refractivity contribution in [3.63, 3.8) is 0 Å². The van der Waals surface area contributed by atoms with E-state index in [0.29, 0.717) is 24.2 Å². The minimum Gasteiger partial charge on any atom is -0.480 e. The Morgan fingerprint density at radius 1 is 1.00 bits per heavy atom. The van der Waals surface area contributed by atoms with E-state index < -0.39 is 29.8 Å². The first kappa shape index (κ1) is 32.0. The molecule has 1 aromatic heterocycles. The molecule has 4 N–H and O–H groups in total. The fraction of sp³-hybridized carbons (Fsp3) is 0.583. The summed E-state index contributed by atoms with van der Waals surface area (Å²) < 4.78 is 6.02. The predicted molar refractivity (Wildman–Crippen MR) is 170 cm³/mol. The molecule has 0 radical (unpaired) electrons. The topological polar surface area (TPSA) is 155 Å². The summed E-state index contributed by atoms with van der Waals surface area (Å²) in [6, 6.07) is 6.35. The molecule has 246 valence electrons. The van der Waals surface area contributed by atoms with Crippen LogP contribution in [0.25, 0.3) is 10.9 Å². The summed E-state index contributed by atoms with van der Waals surface area (Å²) in [7, 11) is 0. The van der Waals surface area contributed by atoms with Crippen LogP contribution < -0.4 is 10.6 Å². The molecule has 4 aliphatic rings. The van der Waals surface area contributed by atoms with Crippen molar-refractivity contribution >= 4 is 40.4 Å². The molecule has 0 saturated heterocycles. The van der Waals surface area contributed by atoms with Gasteiger partial charge in [-0.2, -0.15) is 0 Å². The summed E-state index contributed by atoms with van der Waals surface area (Å²) in [5.41, 5.74) is 3.00. The van der Waals surface area contributed by atoms with Gasteiger partial charge in [-0.3, -0.25) is 19.2 Å². The number of carboxylic acid groups (broad SMARTS) is 1. The molecule has 6 rings (SSSR count). The van der Waals surface area contributed by atoms with Crippen molar-refractivity contribution in [2.75, 3.05) is 6.54 Å². The highest BCUT2D eigenvalue weighted by Gasteiger charge is 2.60. The van der Waals surface area contributed by atoms with Gasteiger partial charge in [0.25, 0.3) is 0 Å². The summed E-state index contributed by atoms with van der Waals surface area (Å²) in [6.45, 7) is 4.24. The minimum absolute atomic E-state index is 0.0880. The number of hydrogen-bond donors (Lipinski definition) is 4. The van der Waals surface area contributed by atoms with Crippen molar-refractivity contribution in [1.82, 2.24) is 15.6 Å². The van der Waals surface area contributed by atoms with Gasteiger partial charge >= 0.3 is 11.9 Å². The van der Waals surface area contributed by atoms with E-state index in [2.05, 4.69) is 29.5 Å². The number of nitrogens with one attached hydrogen (secondary N) is 3. The van der Waals surface area contributed by atoms with E-state index in [4.69, 9.17) is 4.74 Å². The number of amides is 2. The summed E-state index contributed by atoms with van der Waals surface area (Å²) in [4.78, 5) is 64.9. The van der Waals surface area contributed by atoms with Crippen LogP contribution in [0.5, 0.6) is 0 Å². The zero-order valence-electron chi connectivity index (χ0n) is 26.7. The molecule has 0 aliphatic heterocycles. The Hall–Kier alpha value is -3.95. The van der Waals surface area contributed by atoms with Crippen LogP contribution in [0.1, 0.15) is 83.6 Å². The second-order valence-electron chi connectivity index (χ2n) is 14.4. The number of carboxylic acids is 1. The van der Waals surface area contributed by atoms with Gasteiger partial charge in [0.05, 0.1) is 13.0 Å². The number of rotatable bonds is 10. The fourth-order valence-corrected chi connectivity index (χ4v) is 9.37. The summed E-state index contributed by atoms with van der Waals surface area (Å²) in [5.74, 6) is -0.808. The fourth-order valence-electron chi connectivity index (χ4n) is 9.37. The van der Waals surface area contributed by atoms with E-state index in [-0.39, 0.29) is 48.5 Å². The Morgan fingerprint density at radius 3 is 2.61 bits per heavy atom. The zero-order valence-corrected chi connectivity index (χ0v) is 26.7. The van der Waals surface area contributed by atoms with Gasteiger partial charge in [-0.25, -0.2) is 4.79 Å². The number of H-pyrrole nitrogens is 1. The molecule has 46 heavy (non-hydrogen) atoms. The maximum Gasteiger partial charge on any atom is 0.326 e.